The Morgan fingerprint density at radius 3 is 2.61 bits per heavy atom. The molecule has 18 heavy (non-hydrogen) atoms. The Kier molecular flexibility index (Phi) is 6.19. The van der Waals surface area contributed by atoms with E-state index in [4.69, 9.17) is 0 Å². The Morgan fingerprint density at radius 1 is 1.22 bits per heavy atom. The van der Waals surface area contributed by atoms with E-state index in [1.54, 1.807) is 19.1 Å². The minimum absolute atomic E-state index is 0.186. The zero-order valence-corrected chi connectivity index (χ0v) is 11.2. The van der Waals surface area contributed by atoms with Crippen LogP contribution >= 0.6 is 0 Å². The van der Waals surface area contributed by atoms with E-state index < -0.39 is 0 Å². The quantitative estimate of drug-likeness (QED) is 0.425. The van der Waals surface area contributed by atoms with Gasteiger partial charge in [-0.1, -0.05) is 38.7 Å². The van der Waals surface area contributed by atoms with Gasteiger partial charge in [0.25, 0.3) is 5.69 Å². The molecule has 1 N–H and O–H groups in total. The number of hydrogen-bond acceptors (Lipinski definition) is 3. The van der Waals surface area contributed by atoms with Crippen LogP contribution in [0.25, 0.3) is 0 Å². The summed E-state index contributed by atoms with van der Waals surface area (Å²) in [6, 6.07) is 5.17. The Hall–Kier alpha value is -1.58. The van der Waals surface area contributed by atoms with Crippen molar-refractivity contribution in [2.45, 2.75) is 46.0 Å². The fourth-order valence-corrected chi connectivity index (χ4v) is 1.96. The second kappa shape index (κ2) is 7.69. The van der Waals surface area contributed by atoms with Gasteiger partial charge in [-0.3, -0.25) is 10.1 Å². The molecule has 0 aliphatic carbocycles. The van der Waals surface area contributed by atoms with Gasteiger partial charge in [-0.05, 0) is 19.4 Å². The Labute approximate surface area is 109 Å². The van der Waals surface area contributed by atoms with Gasteiger partial charge < -0.3 is 5.32 Å². The van der Waals surface area contributed by atoms with Gasteiger partial charge in [0.2, 0.25) is 0 Å². The first-order chi connectivity index (χ1) is 8.66. The molecule has 1 aromatic rings. The number of anilines is 1. The molecule has 0 atom stereocenters. The van der Waals surface area contributed by atoms with Crippen LogP contribution in [-0.4, -0.2) is 11.5 Å². The Balaban J connectivity index is 2.43. The van der Waals surface area contributed by atoms with Crippen LogP contribution < -0.4 is 5.32 Å². The van der Waals surface area contributed by atoms with Gasteiger partial charge in [0, 0.05) is 23.9 Å². The molecule has 4 heteroatoms. The van der Waals surface area contributed by atoms with E-state index in [1.165, 1.54) is 25.7 Å². The summed E-state index contributed by atoms with van der Waals surface area (Å²) in [6.45, 7) is 4.87. The van der Waals surface area contributed by atoms with Crippen molar-refractivity contribution in [1.82, 2.24) is 0 Å². The number of nitro benzene ring substituents is 1. The monoisotopic (exact) mass is 250 g/mol. The molecule has 0 aliphatic heterocycles. The summed E-state index contributed by atoms with van der Waals surface area (Å²) in [7, 11) is 0. The second-order valence-electron chi connectivity index (χ2n) is 4.55. The van der Waals surface area contributed by atoms with Crippen molar-refractivity contribution in [1.29, 1.82) is 0 Å². The highest BCUT2D eigenvalue weighted by atomic mass is 16.6. The van der Waals surface area contributed by atoms with Gasteiger partial charge in [-0.15, -0.1) is 0 Å². The van der Waals surface area contributed by atoms with Crippen LogP contribution in [0.5, 0.6) is 0 Å². The molecule has 0 aromatic heterocycles. The topological polar surface area (TPSA) is 55.2 Å². The summed E-state index contributed by atoms with van der Waals surface area (Å²) >= 11 is 0. The van der Waals surface area contributed by atoms with E-state index in [-0.39, 0.29) is 10.6 Å². The normalized spacial score (nSPS) is 10.3. The molecule has 4 nitrogen and oxygen atoms in total. The van der Waals surface area contributed by atoms with Crippen LogP contribution in [-0.2, 0) is 0 Å². The zero-order valence-electron chi connectivity index (χ0n) is 11.2. The number of nitrogens with one attached hydrogen (secondary N) is 1. The molecular formula is C14H22N2O2. The minimum Gasteiger partial charge on any atom is -0.385 e. The molecule has 0 bridgehead atoms. The average Bonchev–Trinajstić information content (AvgIpc) is 2.35. The number of hydrogen-bond donors (Lipinski definition) is 1. The molecule has 0 heterocycles. The number of unbranched alkanes of at least 4 members (excludes halogenated alkanes) is 4. The van der Waals surface area contributed by atoms with Crippen molar-refractivity contribution in [3.63, 3.8) is 0 Å². The molecule has 0 unspecified atom stereocenters. The van der Waals surface area contributed by atoms with Gasteiger partial charge in [0.15, 0.2) is 0 Å². The molecule has 0 aliphatic rings. The molecule has 0 amide bonds. The van der Waals surface area contributed by atoms with Gasteiger partial charge in [0.1, 0.15) is 0 Å². The zero-order chi connectivity index (χ0) is 13.4. The molecule has 100 valence electrons. The van der Waals surface area contributed by atoms with Crippen molar-refractivity contribution in [2.75, 3.05) is 11.9 Å². The van der Waals surface area contributed by atoms with Crippen LogP contribution in [0, 0.1) is 17.0 Å². The molecule has 1 rings (SSSR count). The maximum atomic E-state index is 10.8. The van der Waals surface area contributed by atoms with Gasteiger partial charge in [-0.25, -0.2) is 0 Å². The largest absolute Gasteiger partial charge is 0.385 e. The minimum atomic E-state index is -0.332. The molecule has 0 spiro atoms. The Morgan fingerprint density at radius 2 is 1.94 bits per heavy atom. The lowest BCUT2D eigenvalue weighted by Crippen LogP contribution is -2.04. The van der Waals surface area contributed by atoms with Crippen LogP contribution in [0.15, 0.2) is 18.2 Å². The Bertz CT molecular complexity index is 391. The third-order valence-electron chi connectivity index (χ3n) is 3.10. The summed E-state index contributed by atoms with van der Waals surface area (Å²) in [6.07, 6.45) is 6.14. The average molecular weight is 250 g/mol. The van der Waals surface area contributed by atoms with Gasteiger partial charge >= 0.3 is 0 Å². The molecule has 1 aromatic carbocycles. The second-order valence-corrected chi connectivity index (χ2v) is 4.55. The van der Waals surface area contributed by atoms with E-state index in [1.807, 2.05) is 6.07 Å². The third-order valence-corrected chi connectivity index (χ3v) is 3.10. The highest BCUT2D eigenvalue weighted by Gasteiger charge is 2.12. The van der Waals surface area contributed by atoms with Crippen molar-refractivity contribution >= 4 is 11.4 Å². The highest BCUT2D eigenvalue weighted by molar-refractivity contribution is 5.59. The first-order valence-corrected chi connectivity index (χ1v) is 6.64. The lowest BCUT2D eigenvalue weighted by molar-refractivity contribution is -0.385. The lowest BCUT2D eigenvalue weighted by atomic mass is 10.1. The maximum absolute atomic E-state index is 10.8. The maximum Gasteiger partial charge on any atom is 0.274 e. The molecule has 0 fully saturated rings. The van der Waals surface area contributed by atoms with Crippen molar-refractivity contribution in [2.24, 2.45) is 0 Å². The first-order valence-electron chi connectivity index (χ1n) is 6.64. The van der Waals surface area contributed by atoms with Crippen LogP contribution in [0.3, 0.4) is 0 Å². The number of nitrogens with zero attached hydrogens (tertiary/aromatic N) is 1. The van der Waals surface area contributed by atoms with E-state index in [9.17, 15) is 10.1 Å². The van der Waals surface area contributed by atoms with Crippen molar-refractivity contribution in [3.8, 4) is 0 Å². The van der Waals surface area contributed by atoms with Crippen LogP contribution in [0.4, 0.5) is 11.4 Å². The summed E-state index contributed by atoms with van der Waals surface area (Å²) in [5.74, 6) is 0. The first kappa shape index (κ1) is 14.5. The molecule has 0 saturated heterocycles. The third kappa shape index (κ3) is 4.35. The fourth-order valence-electron chi connectivity index (χ4n) is 1.96. The smallest absolute Gasteiger partial charge is 0.274 e. The predicted octanol–water partition coefficient (Wildman–Crippen LogP) is 4.29. The molecular weight excluding hydrogens is 228 g/mol. The van der Waals surface area contributed by atoms with E-state index in [0.29, 0.717) is 0 Å². The van der Waals surface area contributed by atoms with E-state index >= 15 is 0 Å². The standard InChI is InChI=1S/C14H22N2O2/c1-3-4-5-6-7-11-15-13-9-8-10-14(12(13)2)16(17)18/h8-10,15H,3-7,11H2,1-2H3. The molecule has 0 saturated carbocycles. The summed E-state index contributed by atoms with van der Waals surface area (Å²) in [5, 5.41) is 14.1. The summed E-state index contributed by atoms with van der Waals surface area (Å²) in [4.78, 5) is 10.5. The van der Waals surface area contributed by atoms with Gasteiger partial charge in [-0.2, -0.15) is 0 Å². The van der Waals surface area contributed by atoms with E-state index in [2.05, 4.69) is 12.2 Å². The number of rotatable bonds is 8. The predicted molar refractivity (Wildman–Crippen MR) is 75.1 cm³/mol. The van der Waals surface area contributed by atoms with Crippen LogP contribution in [0.2, 0.25) is 0 Å². The fraction of sp³-hybridized carbons (Fsp3) is 0.571. The van der Waals surface area contributed by atoms with Crippen LogP contribution in [0.1, 0.15) is 44.6 Å². The van der Waals surface area contributed by atoms with Crippen molar-refractivity contribution in [3.05, 3.63) is 33.9 Å². The highest BCUT2D eigenvalue weighted by Crippen LogP contribution is 2.24. The number of nitro groups is 1. The molecule has 0 radical (unpaired) electrons. The summed E-state index contributed by atoms with van der Waals surface area (Å²) < 4.78 is 0. The SMILES string of the molecule is CCCCCCCNc1cccc([N+](=O)[O-])c1C. The number of benzene rings is 1. The van der Waals surface area contributed by atoms with E-state index in [0.717, 1.165) is 24.2 Å². The van der Waals surface area contributed by atoms with Crippen molar-refractivity contribution < 1.29 is 4.92 Å². The van der Waals surface area contributed by atoms with Gasteiger partial charge in [0.05, 0.1) is 4.92 Å². The lowest BCUT2D eigenvalue weighted by Gasteiger charge is -2.09. The summed E-state index contributed by atoms with van der Waals surface area (Å²) in [5.41, 5.74) is 1.78.